The van der Waals surface area contributed by atoms with E-state index in [2.05, 4.69) is 0 Å². The van der Waals surface area contributed by atoms with Crippen molar-refractivity contribution in [3.63, 3.8) is 0 Å². The Kier molecular flexibility index (Phi) is 1.85. The zero-order chi connectivity index (χ0) is 8.01. The Labute approximate surface area is 68.2 Å². The Balaban J connectivity index is 2.10. The van der Waals surface area contributed by atoms with E-state index in [-0.39, 0.29) is 23.4 Å². The molecule has 0 aromatic heterocycles. The van der Waals surface area contributed by atoms with Crippen LogP contribution in [-0.4, -0.2) is 50.9 Å². The molecule has 0 radical (unpaired) electrons. The van der Waals surface area contributed by atoms with Gasteiger partial charge in [-0.3, -0.25) is 0 Å². The molecule has 0 saturated carbocycles. The van der Waals surface area contributed by atoms with Crippen LogP contribution >= 0.6 is 11.8 Å². The number of ether oxygens (including phenoxy) is 1. The van der Waals surface area contributed by atoms with Gasteiger partial charge in [-0.1, -0.05) is 0 Å². The van der Waals surface area contributed by atoms with E-state index in [0.717, 1.165) is 0 Å². The van der Waals surface area contributed by atoms with Crippen LogP contribution in [0.5, 0.6) is 0 Å². The van der Waals surface area contributed by atoms with Gasteiger partial charge in [-0.2, -0.15) is 0 Å². The van der Waals surface area contributed by atoms with Gasteiger partial charge >= 0.3 is 0 Å². The smallest absolute Gasteiger partial charge is 0.132 e. The molecule has 11 heavy (non-hydrogen) atoms. The summed E-state index contributed by atoms with van der Waals surface area (Å²) in [5.41, 5.74) is -0.341. The van der Waals surface area contributed by atoms with Crippen LogP contribution in [0.15, 0.2) is 0 Å². The summed E-state index contributed by atoms with van der Waals surface area (Å²) in [7, 11) is 0. The molecule has 2 aliphatic rings. The highest BCUT2D eigenvalue weighted by Crippen LogP contribution is 2.44. The molecule has 2 heterocycles. The lowest BCUT2D eigenvalue weighted by atomic mass is 10.0. The second-order valence-electron chi connectivity index (χ2n) is 2.81. The molecule has 64 valence electrons. The second kappa shape index (κ2) is 2.60. The van der Waals surface area contributed by atoms with Crippen molar-refractivity contribution < 1.29 is 20.1 Å². The Morgan fingerprint density at radius 3 is 2.45 bits per heavy atom. The summed E-state index contributed by atoms with van der Waals surface area (Å²) in [6, 6.07) is 0. The van der Waals surface area contributed by atoms with Crippen molar-refractivity contribution in [2.45, 2.75) is 29.0 Å². The summed E-state index contributed by atoms with van der Waals surface area (Å²) in [5.74, 6) is 0. The number of thioether (sulfide) groups is 1. The number of rotatable bonds is 1. The van der Waals surface area contributed by atoms with E-state index in [4.69, 9.17) is 9.84 Å². The average Bonchev–Trinajstić information content (AvgIpc) is 2.53. The summed E-state index contributed by atoms with van der Waals surface area (Å²) in [5, 5.41) is 27.2. The monoisotopic (exact) mass is 178 g/mol. The highest BCUT2D eigenvalue weighted by molar-refractivity contribution is 8.01. The molecule has 5 heteroatoms. The number of aliphatic hydroxyl groups is 3. The van der Waals surface area contributed by atoms with Crippen LogP contribution in [0.25, 0.3) is 0 Å². The van der Waals surface area contributed by atoms with Crippen LogP contribution < -0.4 is 0 Å². The minimum atomic E-state index is -0.784. The molecule has 4 nitrogen and oxygen atoms in total. The molecular formula is C6H10O4S. The van der Waals surface area contributed by atoms with Crippen LogP contribution in [0.1, 0.15) is 0 Å². The molecule has 2 rings (SSSR count). The van der Waals surface area contributed by atoms with E-state index < -0.39 is 12.2 Å². The van der Waals surface area contributed by atoms with Crippen LogP contribution in [0.2, 0.25) is 0 Å². The molecule has 0 aliphatic carbocycles. The van der Waals surface area contributed by atoms with Crippen LogP contribution in [0, 0.1) is 0 Å². The lowest BCUT2D eigenvalue weighted by Gasteiger charge is -2.26. The van der Waals surface area contributed by atoms with Crippen LogP contribution in [0.4, 0.5) is 0 Å². The fourth-order valence-electron chi connectivity index (χ4n) is 1.49. The van der Waals surface area contributed by atoms with E-state index in [1.54, 1.807) is 0 Å². The Morgan fingerprint density at radius 1 is 1.27 bits per heavy atom. The standard InChI is InChI=1S/C6H10O4S/c7-1-2-5-3(8)4(9)6(10-2)11-5/h2-9H,1H2. The first kappa shape index (κ1) is 7.82. The molecule has 0 aromatic rings. The molecule has 2 saturated heterocycles. The number of hydrogen-bond acceptors (Lipinski definition) is 5. The normalized spacial score (nSPS) is 55.4. The number of fused-ring (bicyclic) bond motifs is 2. The van der Waals surface area contributed by atoms with Gasteiger partial charge in [0.25, 0.3) is 0 Å². The zero-order valence-electron chi connectivity index (χ0n) is 5.75. The van der Waals surface area contributed by atoms with Gasteiger partial charge in [-0.15, -0.1) is 11.8 Å². The lowest BCUT2D eigenvalue weighted by Crippen LogP contribution is -2.46. The van der Waals surface area contributed by atoms with Crippen molar-refractivity contribution in [3.8, 4) is 0 Å². The van der Waals surface area contributed by atoms with Crippen LogP contribution in [-0.2, 0) is 4.74 Å². The third kappa shape index (κ3) is 0.996. The SMILES string of the molecule is OCC1OC2SC1C(O)C2O. The molecule has 2 fully saturated rings. The van der Waals surface area contributed by atoms with Crippen molar-refractivity contribution in [3.05, 3.63) is 0 Å². The van der Waals surface area contributed by atoms with Gasteiger partial charge in [0, 0.05) is 0 Å². The van der Waals surface area contributed by atoms with E-state index in [1.165, 1.54) is 11.8 Å². The molecule has 5 unspecified atom stereocenters. The minimum Gasteiger partial charge on any atom is -0.394 e. The predicted octanol–water partition coefficient (Wildman–Crippen LogP) is -1.46. The topological polar surface area (TPSA) is 69.9 Å². The summed E-state index contributed by atoms with van der Waals surface area (Å²) in [6.45, 7) is -0.0854. The third-order valence-corrected chi connectivity index (χ3v) is 3.67. The summed E-state index contributed by atoms with van der Waals surface area (Å²) in [6.07, 6.45) is -1.83. The van der Waals surface area contributed by atoms with Gasteiger partial charge in [0.1, 0.15) is 11.5 Å². The van der Waals surface area contributed by atoms with Gasteiger partial charge in [0.15, 0.2) is 0 Å². The van der Waals surface area contributed by atoms with Gasteiger partial charge < -0.3 is 20.1 Å². The molecular weight excluding hydrogens is 168 g/mol. The third-order valence-electron chi connectivity index (χ3n) is 2.11. The molecule has 0 spiro atoms. The summed E-state index contributed by atoms with van der Waals surface area (Å²) in [4.78, 5) is 0. The lowest BCUT2D eigenvalue weighted by molar-refractivity contribution is -0.122. The quantitative estimate of drug-likeness (QED) is 0.458. The Morgan fingerprint density at radius 2 is 2.00 bits per heavy atom. The van der Waals surface area contributed by atoms with Crippen molar-refractivity contribution in [1.82, 2.24) is 0 Å². The molecule has 2 aliphatic heterocycles. The van der Waals surface area contributed by atoms with Gasteiger partial charge in [-0.05, 0) is 0 Å². The van der Waals surface area contributed by atoms with Crippen molar-refractivity contribution in [2.75, 3.05) is 6.61 Å². The minimum absolute atomic E-state index is 0.0854. The maximum Gasteiger partial charge on any atom is 0.132 e. The second-order valence-corrected chi connectivity index (χ2v) is 4.09. The van der Waals surface area contributed by atoms with E-state index in [0.29, 0.717) is 0 Å². The predicted molar refractivity (Wildman–Crippen MR) is 39.1 cm³/mol. The summed E-state index contributed by atoms with van der Waals surface area (Å²) < 4.78 is 5.20. The first-order chi connectivity index (χ1) is 5.24. The summed E-state index contributed by atoms with van der Waals surface area (Å²) >= 11 is 1.40. The molecule has 2 bridgehead atoms. The van der Waals surface area contributed by atoms with Gasteiger partial charge in [0.05, 0.1) is 24.1 Å². The van der Waals surface area contributed by atoms with E-state index >= 15 is 0 Å². The fraction of sp³-hybridized carbons (Fsp3) is 1.00. The first-order valence-electron chi connectivity index (χ1n) is 3.52. The Bertz CT molecular complexity index is 159. The molecule has 0 aromatic carbocycles. The largest absolute Gasteiger partial charge is 0.394 e. The van der Waals surface area contributed by atoms with Crippen LogP contribution in [0.3, 0.4) is 0 Å². The van der Waals surface area contributed by atoms with Crippen molar-refractivity contribution in [2.24, 2.45) is 0 Å². The van der Waals surface area contributed by atoms with Gasteiger partial charge in [-0.25, -0.2) is 0 Å². The molecule has 5 atom stereocenters. The number of hydrogen-bond donors (Lipinski definition) is 3. The molecule has 3 N–H and O–H groups in total. The number of aliphatic hydroxyl groups excluding tert-OH is 3. The fourth-order valence-corrected chi connectivity index (χ4v) is 2.97. The van der Waals surface area contributed by atoms with Gasteiger partial charge in [0.2, 0.25) is 0 Å². The maximum absolute atomic E-state index is 9.33. The highest BCUT2D eigenvalue weighted by atomic mass is 32.2. The maximum atomic E-state index is 9.33. The highest BCUT2D eigenvalue weighted by Gasteiger charge is 2.53. The average molecular weight is 178 g/mol. The first-order valence-corrected chi connectivity index (χ1v) is 4.46. The van der Waals surface area contributed by atoms with Crippen molar-refractivity contribution >= 4 is 11.8 Å². The van der Waals surface area contributed by atoms with E-state index in [1.807, 2.05) is 0 Å². The van der Waals surface area contributed by atoms with Crippen molar-refractivity contribution in [1.29, 1.82) is 0 Å². The molecule has 0 amide bonds. The van der Waals surface area contributed by atoms with E-state index in [9.17, 15) is 10.2 Å². The Hall–Kier alpha value is 0.190. The zero-order valence-corrected chi connectivity index (χ0v) is 6.57.